The Morgan fingerprint density at radius 1 is 0.224 bits per heavy atom. The Morgan fingerprint density at radius 2 is 0.579 bits per heavy atom. The van der Waals surface area contributed by atoms with E-state index in [9.17, 15) is 0 Å². The van der Waals surface area contributed by atoms with Crippen LogP contribution in [0.2, 0.25) is 0 Å². The lowest BCUT2D eigenvalue weighted by Gasteiger charge is -2.50. The summed E-state index contributed by atoms with van der Waals surface area (Å²) in [6.07, 6.45) is 9.38. The van der Waals surface area contributed by atoms with Gasteiger partial charge in [-0.15, -0.1) is 0 Å². The van der Waals surface area contributed by atoms with Crippen LogP contribution in [0.3, 0.4) is 0 Å². The third kappa shape index (κ3) is 6.02. The van der Waals surface area contributed by atoms with E-state index >= 15 is 0 Å². The van der Waals surface area contributed by atoms with Crippen LogP contribution in [0.4, 0.5) is 0 Å². The molecule has 0 spiro atoms. The van der Waals surface area contributed by atoms with Gasteiger partial charge in [0.15, 0.2) is 0 Å². The van der Waals surface area contributed by atoms with Gasteiger partial charge in [0.1, 0.15) is 0 Å². The highest BCUT2D eigenvalue weighted by Crippen LogP contribution is 2.71. The zero-order valence-electron chi connectivity index (χ0n) is 42.8. The van der Waals surface area contributed by atoms with Gasteiger partial charge < -0.3 is 0 Å². The van der Waals surface area contributed by atoms with Crippen molar-refractivity contribution in [3.05, 3.63) is 274 Å². The van der Waals surface area contributed by atoms with Crippen LogP contribution >= 0.6 is 0 Å². The largest absolute Gasteiger partial charge is 0.0622 e. The third-order valence-corrected chi connectivity index (χ3v) is 19.4. The molecule has 0 aromatic heterocycles. The zero-order chi connectivity index (χ0) is 49.6. The van der Waals surface area contributed by atoms with Crippen molar-refractivity contribution in [2.45, 2.75) is 63.2 Å². The average molecular weight is 969 g/mol. The fraction of sp³-hybridized carbons (Fsp3) is 0.158. The van der Waals surface area contributed by atoms with Crippen LogP contribution in [0.5, 0.6) is 0 Å². The first kappa shape index (κ1) is 43.0. The Hall–Kier alpha value is -8.32. The first-order valence-corrected chi connectivity index (χ1v) is 28.3. The van der Waals surface area contributed by atoms with Gasteiger partial charge in [0, 0.05) is 11.8 Å². The first-order valence-electron chi connectivity index (χ1n) is 28.3. The molecule has 17 rings (SSSR count). The Kier molecular flexibility index (Phi) is 9.38. The standard InChI is InChI=1S/C76H56/c1-7-19-45(20-8-1)51-31-33-57-63(43-51)67(49-27-15-5-16-28-49)75-61-41-37-55-56-38-42-62-72-60(40-36-54(70(56)72)53-35-39-59(71(61)69(53)55)73(75)65(57)47-23-11-3-12-24-47)74-66(48-25-13-4-14-26-48)58-34-32-52(46-21-9-2-10-22-46)44-64(58)68(76(62)74)50-29-17-6-18-30-50/h1-34,43-44,53-54,59,62H,35-42H2. The highest BCUT2D eigenvalue weighted by molar-refractivity contribution is 6.16. The van der Waals surface area contributed by atoms with E-state index in [4.69, 9.17) is 0 Å². The first-order chi connectivity index (χ1) is 37.8. The lowest BCUT2D eigenvalue weighted by atomic mass is 9.54. The van der Waals surface area contributed by atoms with Gasteiger partial charge in [-0.1, -0.05) is 206 Å². The lowest BCUT2D eigenvalue weighted by Crippen LogP contribution is -2.36. The summed E-state index contributed by atoms with van der Waals surface area (Å²) in [5, 5.41) is 5.52. The summed E-state index contributed by atoms with van der Waals surface area (Å²) in [6.45, 7) is 0. The maximum absolute atomic E-state index is 2.54. The normalized spacial score (nSPS) is 20.5. The van der Waals surface area contributed by atoms with Gasteiger partial charge in [0.05, 0.1) is 0 Å². The van der Waals surface area contributed by atoms with Crippen LogP contribution in [-0.4, -0.2) is 0 Å². The van der Waals surface area contributed by atoms with Crippen LogP contribution < -0.4 is 0 Å². The number of hydrogen-bond donors (Lipinski definition) is 0. The molecule has 4 unspecified atom stereocenters. The van der Waals surface area contributed by atoms with E-state index in [1.807, 2.05) is 0 Å². The van der Waals surface area contributed by atoms with Gasteiger partial charge in [-0.2, -0.15) is 0 Å². The van der Waals surface area contributed by atoms with Crippen molar-refractivity contribution >= 4 is 32.7 Å². The molecule has 0 nitrogen and oxygen atoms in total. The van der Waals surface area contributed by atoms with Crippen molar-refractivity contribution in [3.8, 4) is 66.8 Å². The fourth-order valence-corrected chi connectivity index (χ4v) is 16.7. The van der Waals surface area contributed by atoms with Gasteiger partial charge in [0.2, 0.25) is 0 Å². The van der Waals surface area contributed by atoms with Crippen molar-refractivity contribution in [2.75, 3.05) is 0 Å². The van der Waals surface area contributed by atoms with Gasteiger partial charge in [-0.3, -0.25) is 0 Å². The summed E-state index contributed by atoms with van der Waals surface area (Å²) in [4.78, 5) is 0. The quantitative estimate of drug-likeness (QED) is 0.156. The minimum absolute atomic E-state index is 0.386. The molecule has 0 saturated heterocycles. The molecule has 0 amide bonds. The molecule has 0 aliphatic heterocycles. The van der Waals surface area contributed by atoms with Crippen molar-refractivity contribution in [1.29, 1.82) is 0 Å². The van der Waals surface area contributed by atoms with Crippen LogP contribution in [0.25, 0.3) is 99.5 Å². The smallest absolute Gasteiger partial charge is 0.0111 e. The van der Waals surface area contributed by atoms with E-state index in [-0.39, 0.29) is 0 Å². The topological polar surface area (TPSA) is 0 Å². The van der Waals surface area contributed by atoms with Crippen LogP contribution in [0.1, 0.15) is 85.5 Å². The van der Waals surface area contributed by atoms with E-state index in [1.54, 1.807) is 66.8 Å². The summed E-state index contributed by atoms with van der Waals surface area (Å²) in [7, 11) is 0. The molecule has 0 bridgehead atoms. The summed E-state index contributed by atoms with van der Waals surface area (Å²) < 4.78 is 0. The van der Waals surface area contributed by atoms with E-state index in [0.717, 1.165) is 32.1 Å². The molecule has 10 aromatic rings. The molecule has 1 saturated carbocycles. The molecule has 76 heavy (non-hydrogen) atoms. The Morgan fingerprint density at radius 3 is 1.09 bits per heavy atom. The predicted molar refractivity (Wildman–Crippen MR) is 318 cm³/mol. The number of allylic oxidation sites excluding steroid dienone is 8. The molecule has 360 valence electrons. The highest BCUT2D eigenvalue weighted by Gasteiger charge is 2.54. The third-order valence-electron chi connectivity index (χ3n) is 19.4. The monoisotopic (exact) mass is 968 g/mol. The van der Waals surface area contributed by atoms with Crippen molar-refractivity contribution in [3.63, 3.8) is 0 Å². The highest BCUT2D eigenvalue weighted by atomic mass is 14.6. The second-order valence-electron chi connectivity index (χ2n) is 22.8. The second-order valence-corrected chi connectivity index (χ2v) is 22.8. The second kappa shape index (κ2) is 16.6. The van der Waals surface area contributed by atoms with Crippen molar-refractivity contribution < 1.29 is 0 Å². The average Bonchev–Trinajstić information content (AvgIpc) is 4.10. The van der Waals surface area contributed by atoms with Gasteiger partial charge >= 0.3 is 0 Å². The number of benzene rings is 10. The van der Waals surface area contributed by atoms with Crippen molar-refractivity contribution in [1.82, 2.24) is 0 Å². The van der Waals surface area contributed by atoms with Gasteiger partial charge in [-0.05, 0) is 230 Å². The summed E-state index contributed by atoms with van der Waals surface area (Å²) in [5.74, 6) is 1.88. The molecule has 1 fully saturated rings. The van der Waals surface area contributed by atoms with E-state index < -0.39 is 0 Å². The van der Waals surface area contributed by atoms with Gasteiger partial charge in [0.25, 0.3) is 0 Å². The molecular formula is C76H56. The lowest BCUT2D eigenvalue weighted by molar-refractivity contribution is 0.329. The molecule has 0 heteroatoms. The Bertz CT molecular complexity index is 4230. The van der Waals surface area contributed by atoms with E-state index in [2.05, 4.69) is 218 Å². The van der Waals surface area contributed by atoms with Crippen LogP contribution in [-0.2, 0) is 0 Å². The number of fused-ring (bicyclic) bond motifs is 10. The molecule has 7 aliphatic rings. The zero-order valence-corrected chi connectivity index (χ0v) is 42.8. The summed E-state index contributed by atoms with van der Waals surface area (Å²) in [5.41, 5.74) is 36.5. The van der Waals surface area contributed by atoms with Gasteiger partial charge in [-0.25, -0.2) is 0 Å². The van der Waals surface area contributed by atoms with E-state index in [0.29, 0.717) is 23.7 Å². The maximum atomic E-state index is 2.54. The number of rotatable bonds is 6. The molecule has 0 heterocycles. The molecular weight excluding hydrogens is 913 g/mol. The SMILES string of the molecule is c1ccc(-c2ccc3c(-c4ccccc4)c4c(c(-c5ccccc5)c3c2)C2=C3C5=C(CC2)C2=C6C7=C(CCC6C5CCC34)c3c(c(-c4ccccc4)c4cc(-c5ccccc5)ccc4c3-c3ccccc3)C7CC2)cc1. The molecule has 7 aliphatic carbocycles. The Balaban J connectivity index is 0.904. The van der Waals surface area contributed by atoms with Crippen LogP contribution in [0.15, 0.2) is 252 Å². The van der Waals surface area contributed by atoms with E-state index in [1.165, 1.54) is 108 Å². The molecule has 10 aromatic carbocycles. The molecule has 0 radical (unpaired) electrons. The van der Waals surface area contributed by atoms with Crippen LogP contribution in [0, 0.1) is 11.8 Å². The summed E-state index contributed by atoms with van der Waals surface area (Å²) >= 11 is 0. The molecule has 4 atom stereocenters. The minimum atomic E-state index is 0.386. The predicted octanol–water partition coefficient (Wildman–Crippen LogP) is 20.4. The minimum Gasteiger partial charge on any atom is -0.0622 e. The summed E-state index contributed by atoms with van der Waals surface area (Å²) in [6, 6.07) is 82.7. The fourth-order valence-electron chi connectivity index (χ4n) is 16.7. The Labute approximate surface area is 446 Å². The van der Waals surface area contributed by atoms with Crippen molar-refractivity contribution in [2.24, 2.45) is 11.8 Å². The maximum Gasteiger partial charge on any atom is 0.0111 e. The number of hydrogen-bond acceptors (Lipinski definition) is 0. The molecule has 0 N–H and O–H groups in total.